The maximum absolute atomic E-state index is 9.87. The highest BCUT2D eigenvalue weighted by Crippen LogP contribution is 2.26. The third-order valence-electron chi connectivity index (χ3n) is 2.82. The third-order valence-corrected chi connectivity index (χ3v) is 3.53. The van der Waals surface area contributed by atoms with Gasteiger partial charge in [0.05, 0.1) is 6.54 Å². The molecule has 96 valence electrons. The van der Waals surface area contributed by atoms with Crippen molar-refractivity contribution >= 4 is 23.2 Å². The molecule has 1 heterocycles. The molecule has 0 saturated carbocycles. The van der Waals surface area contributed by atoms with Crippen LogP contribution >= 0.6 is 23.2 Å². The van der Waals surface area contributed by atoms with Gasteiger partial charge in [-0.3, -0.25) is 0 Å². The lowest BCUT2D eigenvalue weighted by molar-refractivity contribution is 0.159. The molecule has 1 aromatic heterocycles. The number of halogens is 2. The van der Waals surface area contributed by atoms with Crippen molar-refractivity contribution in [1.29, 1.82) is 0 Å². The zero-order valence-corrected chi connectivity index (χ0v) is 11.5. The van der Waals surface area contributed by atoms with Crippen molar-refractivity contribution in [3.8, 4) is 0 Å². The van der Waals surface area contributed by atoms with Gasteiger partial charge in [-0.25, -0.2) is 4.98 Å². The van der Waals surface area contributed by atoms with Crippen LogP contribution in [0, 0.1) is 0 Å². The Balaban J connectivity index is 2.32. The molecule has 1 aromatic carbocycles. The van der Waals surface area contributed by atoms with E-state index in [1.54, 1.807) is 18.3 Å². The van der Waals surface area contributed by atoms with Crippen molar-refractivity contribution in [2.75, 3.05) is 0 Å². The molecule has 5 heteroatoms. The Kier molecular flexibility index (Phi) is 4.27. The molecule has 3 nitrogen and oxygen atoms in total. The summed E-state index contributed by atoms with van der Waals surface area (Å²) in [6.45, 7) is 2.41. The van der Waals surface area contributed by atoms with Gasteiger partial charge in [0, 0.05) is 28.0 Å². The van der Waals surface area contributed by atoms with Crippen molar-refractivity contribution in [3.63, 3.8) is 0 Å². The monoisotopic (exact) mass is 284 g/mol. The first-order chi connectivity index (χ1) is 8.63. The lowest BCUT2D eigenvalue weighted by Gasteiger charge is -2.13. The van der Waals surface area contributed by atoms with Crippen LogP contribution < -0.4 is 0 Å². The number of hydrogen-bond donors (Lipinski definition) is 1. The van der Waals surface area contributed by atoms with Crippen LogP contribution in [0.15, 0.2) is 30.6 Å². The molecule has 0 saturated heterocycles. The molecule has 1 atom stereocenters. The smallest absolute Gasteiger partial charge is 0.137 e. The largest absolute Gasteiger partial charge is 0.385 e. The van der Waals surface area contributed by atoms with E-state index in [1.807, 2.05) is 23.8 Å². The summed E-state index contributed by atoms with van der Waals surface area (Å²) in [6, 6.07) is 5.41. The standard InChI is InChI=1S/C13H14Cl2N2O/c1-2-12(18)13-16-6-7-17(13)8-9-10(14)4-3-5-11(9)15/h3-7,12,18H,2,8H2,1H3/t12-/m0/s1. The average molecular weight is 285 g/mol. The van der Waals surface area contributed by atoms with Crippen LogP contribution in [-0.2, 0) is 6.54 Å². The van der Waals surface area contributed by atoms with E-state index in [9.17, 15) is 5.11 Å². The minimum absolute atomic E-state index is 0.505. The lowest BCUT2D eigenvalue weighted by Crippen LogP contribution is -2.09. The third kappa shape index (κ3) is 2.69. The second-order valence-corrected chi connectivity index (χ2v) is 4.85. The van der Waals surface area contributed by atoms with E-state index in [-0.39, 0.29) is 0 Å². The van der Waals surface area contributed by atoms with Gasteiger partial charge in [-0.2, -0.15) is 0 Å². The molecule has 0 aliphatic carbocycles. The van der Waals surface area contributed by atoms with Gasteiger partial charge in [0.25, 0.3) is 0 Å². The van der Waals surface area contributed by atoms with Crippen molar-refractivity contribution in [2.45, 2.75) is 26.0 Å². The molecule has 0 spiro atoms. The van der Waals surface area contributed by atoms with Crippen molar-refractivity contribution in [1.82, 2.24) is 9.55 Å². The Morgan fingerprint density at radius 1 is 1.33 bits per heavy atom. The second-order valence-electron chi connectivity index (χ2n) is 4.04. The predicted molar refractivity (Wildman–Crippen MR) is 73.0 cm³/mol. The van der Waals surface area contributed by atoms with E-state index in [0.717, 1.165) is 5.56 Å². The van der Waals surface area contributed by atoms with Gasteiger partial charge in [0.2, 0.25) is 0 Å². The number of nitrogens with zero attached hydrogens (tertiary/aromatic N) is 2. The summed E-state index contributed by atoms with van der Waals surface area (Å²) in [5.74, 6) is 0.633. The predicted octanol–water partition coefficient (Wildman–Crippen LogP) is 3.68. The molecular formula is C13H14Cl2N2O. The van der Waals surface area contributed by atoms with Crippen LogP contribution in [0.4, 0.5) is 0 Å². The molecule has 0 fully saturated rings. The number of aliphatic hydroxyl groups excluding tert-OH is 1. The fourth-order valence-corrected chi connectivity index (χ4v) is 2.31. The summed E-state index contributed by atoms with van der Waals surface area (Å²) in [5.41, 5.74) is 0.836. The molecule has 2 rings (SSSR count). The van der Waals surface area contributed by atoms with Gasteiger partial charge in [-0.15, -0.1) is 0 Å². The topological polar surface area (TPSA) is 38.1 Å². The summed E-state index contributed by atoms with van der Waals surface area (Å²) < 4.78 is 1.86. The molecule has 0 bridgehead atoms. The van der Waals surface area contributed by atoms with E-state index >= 15 is 0 Å². The van der Waals surface area contributed by atoms with Crippen LogP contribution in [0.3, 0.4) is 0 Å². The minimum Gasteiger partial charge on any atom is -0.385 e. The molecule has 0 radical (unpaired) electrons. The number of benzene rings is 1. The Hall–Kier alpha value is -1.03. The number of aliphatic hydroxyl groups is 1. The van der Waals surface area contributed by atoms with E-state index in [1.165, 1.54) is 0 Å². The minimum atomic E-state index is -0.568. The normalized spacial score (nSPS) is 12.7. The molecule has 2 aromatic rings. The SMILES string of the molecule is CC[C@H](O)c1nccn1Cc1c(Cl)cccc1Cl. The molecular weight excluding hydrogens is 271 g/mol. The van der Waals surface area contributed by atoms with E-state index in [0.29, 0.717) is 28.8 Å². The summed E-state index contributed by atoms with van der Waals surface area (Å²) in [7, 11) is 0. The summed E-state index contributed by atoms with van der Waals surface area (Å²) in [6.07, 6.45) is 3.53. The number of hydrogen-bond acceptors (Lipinski definition) is 2. The van der Waals surface area contributed by atoms with Crippen LogP contribution in [-0.4, -0.2) is 14.7 Å². The van der Waals surface area contributed by atoms with Crippen LogP contribution in [0.2, 0.25) is 10.0 Å². The Morgan fingerprint density at radius 2 is 2.00 bits per heavy atom. The first-order valence-electron chi connectivity index (χ1n) is 5.75. The maximum Gasteiger partial charge on any atom is 0.137 e. The Morgan fingerprint density at radius 3 is 2.61 bits per heavy atom. The zero-order valence-electron chi connectivity index (χ0n) is 9.98. The van der Waals surface area contributed by atoms with E-state index < -0.39 is 6.10 Å². The molecule has 0 aliphatic heterocycles. The van der Waals surface area contributed by atoms with Gasteiger partial charge >= 0.3 is 0 Å². The summed E-state index contributed by atoms with van der Waals surface area (Å²) in [5, 5.41) is 11.1. The van der Waals surface area contributed by atoms with Crippen LogP contribution in [0.1, 0.15) is 30.8 Å². The lowest BCUT2D eigenvalue weighted by atomic mass is 10.2. The fourth-order valence-electron chi connectivity index (χ4n) is 1.79. The zero-order chi connectivity index (χ0) is 13.1. The Bertz CT molecular complexity index is 519. The summed E-state index contributed by atoms with van der Waals surface area (Å²) >= 11 is 12.3. The van der Waals surface area contributed by atoms with Gasteiger partial charge < -0.3 is 9.67 Å². The molecule has 1 N–H and O–H groups in total. The van der Waals surface area contributed by atoms with Crippen molar-refractivity contribution in [3.05, 3.63) is 52.0 Å². The highest BCUT2D eigenvalue weighted by molar-refractivity contribution is 6.35. The number of rotatable bonds is 4. The van der Waals surface area contributed by atoms with Crippen LogP contribution in [0.5, 0.6) is 0 Å². The van der Waals surface area contributed by atoms with Gasteiger partial charge in [0.15, 0.2) is 0 Å². The molecule has 0 aliphatic rings. The number of aromatic nitrogens is 2. The number of imidazole rings is 1. The van der Waals surface area contributed by atoms with Crippen molar-refractivity contribution < 1.29 is 5.11 Å². The van der Waals surface area contributed by atoms with Crippen molar-refractivity contribution in [2.24, 2.45) is 0 Å². The summed E-state index contributed by atoms with van der Waals surface area (Å²) in [4.78, 5) is 4.17. The molecule has 18 heavy (non-hydrogen) atoms. The van der Waals surface area contributed by atoms with E-state index in [2.05, 4.69) is 4.98 Å². The molecule has 0 amide bonds. The van der Waals surface area contributed by atoms with Gasteiger partial charge in [-0.1, -0.05) is 36.2 Å². The Labute approximate surface area is 116 Å². The van der Waals surface area contributed by atoms with Gasteiger partial charge in [0.1, 0.15) is 11.9 Å². The van der Waals surface area contributed by atoms with Gasteiger partial charge in [-0.05, 0) is 18.6 Å². The first-order valence-corrected chi connectivity index (χ1v) is 6.51. The first kappa shape index (κ1) is 13.4. The van der Waals surface area contributed by atoms with E-state index in [4.69, 9.17) is 23.2 Å². The fraction of sp³-hybridized carbons (Fsp3) is 0.308. The average Bonchev–Trinajstić information content (AvgIpc) is 2.81. The maximum atomic E-state index is 9.87. The highest BCUT2D eigenvalue weighted by Gasteiger charge is 2.14. The second kappa shape index (κ2) is 5.74. The highest BCUT2D eigenvalue weighted by atomic mass is 35.5. The quantitative estimate of drug-likeness (QED) is 0.930. The van der Waals surface area contributed by atoms with Crippen LogP contribution in [0.25, 0.3) is 0 Å². The molecule has 0 unspecified atom stereocenters.